The van der Waals surface area contributed by atoms with Crippen molar-refractivity contribution in [3.8, 4) is 0 Å². The van der Waals surface area contributed by atoms with Crippen LogP contribution in [0.4, 0.5) is 13.2 Å². The Bertz CT molecular complexity index is 772. The third-order valence-electron chi connectivity index (χ3n) is 3.65. The van der Waals surface area contributed by atoms with Gasteiger partial charge in [0.15, 0.2) is 0 Å². The Morgan fingerprint density at radius 3 is 2.16 bits per heavy atom. The zero-order valence-electron chi connectivity index (χ0n) is 14.2. The Hall–Kier alpha value is -2.63. The first-order valence-electron chi connectivity index (χ1n) is 7.69. The predicted molar refractivity (Wildman–Crippen MR) is 91.6 cm³/mol. The molecule has 2 rings (SSSR count). The van der Waals surface area contributed by atoms with Gasteiger partial charge in [0.05, 0.1) is 11.8 Å². The van der Waals surface area contributed by atoms with Crippen LogP contribution in [-0.4, -0.2) is 12.1 Å². The first-order valence-corrected chi connectivity index (χ1v) is 7.69. The number of carbonyl (C=O) groups excluding carboxylic acids is 1. The second kappa shape index (κ2) is 7.09. The molecule has 0 unspecified atom stereocenters. The maximum absolute atomic E-state index is 12.9. The molecule has 0 spiro atoms. The molecule has 0 saturated carbocycles. The van der Waals surface area contributed by atoms with Crippen LogP contribution in [0.5, 0.6) is 0 Å². The number of alkyl halides is 3. The minimum atomic E-state index is -4.48. The van der Waals surface area contributed by atoms with E-state index >= 15 is 0 Å². The van der Waals surface area contributed by atoms with Crippen molar-refractivity contribution in [2.24, 2.45) is 5.10 Å². The van der Waals surface area contributed by atoms with Crippen molar-refractivity contribution in [3.63, 3.8) is 0 Å². The van der Waals surface area contributed by atoms with Crippen molar-refractivity contribution in [1.82, 2.24) is 5.43 Å². The van der Waals surface area contributed by atoms with Gasteiger partial charge in [-0.15, -0.1) is 0 Å². The Kier molecular flexibility index (Phi) is 5.30. The van der Waals surface area contributed by atoms with Crippen LogP contribution in [0.15, 0.2) is 53.6 Å². The molecule has 0 aliphatic rings. The fourth-order valence-electron chi connectivity index (χ4n) is 2.21. The number of hydrogen-bond acceptors (Lipinski definition) is 2. The van der Waals surface area contributed by atoms with E-state index < -0.39 is 17.6 Å². The second-order valence-electron chi connectivity index (χ2n) is 6.61. The molecule has 0 aliphatic heterocycles. The topological polar surface area (TPSA) is 41.5 Å². The minimum absolute atomic E-state index is 0.0333. The van der Waals surface area contributed by atoms with Crippen LogP contribution in [0.1, 0.15) is 47.8 Å². The number of benzene rings is 2. The van der Waals surface area contributed by atoms with Gasteiger partial charge in [0.2, 0.25) is 0 Å². The fraction of sp³-hybridized carbons (Fsp3) is 0.263. The molecule has 2 aromatic carbocycles. The number of hydrazone groups is 1. The van der Waals surface area contributed by atoms with E-state index in [0.29, 0.717) is 5.56 Å². The third kappa shape index (κ3) is 4.92. The molecular weight excluding hydrogens is 329 g/mol. The Balaban J connectivity index is 2.09. The van der Waals surface area contributed by atoms with Gasteiger partial charge in [-0.25, -0.2) is 5.43 Å². The van der Waals surface area contributed by atoms with E-state index in [4.69, 9.17) is 0 Å². The molecule has 25 heavy (non-hydrogen) atoms. The molecule has 0 heterocycles. The average Bonchev–Trinajstić information content (AvgIpc) is 2.53. The van der Waals surface area contributed by atoms with Gasteiger partial charge < -0.3 is 0 Å². The van der Waals surface area contributed by atoms with E-state index in [9.17, 15) is 18.0 Å². The summed E-state index contributed by atoms with van der Waals surface area (Å²) in [4.78, 5) is 12.0. The third-order valence-corrected chi connectivity index (χ3v) is 3.65. The minimum Gasteiger partial charge on any atom is -0.267 e. The van der Waals surface area contributed by atoms with Crippen LogP contribution in [-0.2, 0) is 11.6 Å². The largest absolute Gasteiger partial charge is 0.417 e. The van der Waals surface area contributed by atoms with E-state index in [1.807, 2.05) is 12.1 Å². The molecule has 0 aromatic heterocycles. The Morgan fingerprint density at radius 1 is 1.00 bits per heavy atom. The van der Waals surface area contributed by atoms with Crippen LogP contribution in [0, 0.1) is 0 Å². The number of carbonyl (C=O) groups is 1. The summed E-state index contributed by atoms with van der Waals surface area (Å²) >= 11 is 0. The Morgan fingerprint density at radius 2 is 1.60 bits per heavy atom. The molecule has 0 atom stereocenters. The molecule has 0 radical (unpaired) electrons. The zero-order valence-corrected chi connectivity index (χ0v) is 14.2. The average molecular weight is 348 g/mol. The summed E-state index contributed by atoms with van der Waals surface area (Å²) in [7, 11) is 0. The van der Waals surface area contributed by atoms with Crippen LogP contribution in [0.25, 0.3) is 0 Å². The summed E-state index contributed by atoms with van der Waals surface area (Å²) in [5.41, 5.74) is 2.76. The molecule has 1 N–H and O–H groups in total. The highest BCUT2D eigenvalue weighted by Crippen LogP contribution is 2.31. The van der Waals surface area contributed by atoms with Gasteiger partial charge in [-0.1, -0.05) is 51.1 Å². The van der Waals surface area contributed by atoms with Crippen LogP contribution >= 0.6 is 0 Å². The van der Waals surface area contributed by atoms with Gasteiger partial charge in [0, 0.05) is 11.1 Å². The Labute approximate surface area is 144 Å². The number of rotatable bonds is 3. The van der Waals surface area contributed by atoms with Gasteiger partial charge in [0.25, 0.3) is 5.91 Å². The molecule has 6 heteroatoms. The highest BCUT2D eigenvalue weighted by molar-refractivity contribution is 5.95. The maximum Gasteiger partial charge on any atom is 0.417 e. The van der Waals surface area contributed by atoms with E-state index in [1.54, 1.807) is 12.1 Å². The normalized spacial score (nSPS) is 12.4. The molecule has 1 amide bonds. The monoisotopic (exact) mass is 348 g/mol. The number of nitrogens with one attached hydrogen (secondary N) is 1. The number of hydrogen-bond donors (Lipinski definition) is 1. The maximum atomic E-state index is 12.9. The molecule has 0 saturated heterocycles. The van der Waals surface area contributed by atoms with Crippen molar-refractivity contribution < 1.29 is 18.0 Å². The molecule has 0 bridgehead atoms. The van der Waals surface area contributed by atoms with Crippen molar-refractivity contribution in [1.29, 1.82) is 0 Å². The fourth-order valence-corrected chi connectivity index (χ4v) is 2.21. The number of amides is 1. The number of nitrogens with zero attached hydrogens (tertiary/aromatic N) is 1. The molecule has 0 aliphatic carbocycles. The van der Waals surface area contributed by atoms with Gasteiger partial charge in [-0.2, -0.15) is 18.3 Å². The van der Waals surface area contributed by atoms with Crippen molar-refractivity contribution >= 4 is 12.1 Å². The second-order valence-corrected chi connectivity index (χ2v) is 6.61. The van der Waals surface area contributed by atoms with Crippen molar-refractivity contribution in [2.75, 3.05) is 0 Å². The molecule has 3 nitrogen and oxygen atoms in total. The highest BCUT2D eigenvalue weighted by atomic mass is 19.4. The predicted octanol–water partition coefficient (Wildman–Crippen LogP) is 4.77. The lowest BCUT2D eigenvalue weighted by molar-refractivity contribution is -0.137. The van der Waals surface area contributed by atoms with Gasteiger partial charge >= 0.3 is 6.18 Å². The highest BCUT2D eigenvalue weighted by Gasteiger charge is 2.32. The summed E-state index contributed by atoms with van der Waals surface area (Å²) < 4.78 is 38.7. The molecule has 0 fully saturated rings. The van der Waals surface area contributed by atoms with E-state index in [2.05, 4.69) is 31.3 Å². The van der Waals surface area contributed by atoms with Crippen molar-refractivity contribution in [2.45, 2.75) is 32.4 Å². The number of halogens is 3. The molecule has 2 aromatic rings. The summed E-state index contributed by atoms with van der Waals surface area (Å²) in [6.07, 6.45) is -3.49. The van der Waals surface area contributed by atoms with Gasteiger partial charge in [-0.3, -0.25) is 4.79 Å². The van der Waals surface area contributed by atoms with Crippen LogP contribution in [0.3, 0.4) is 0 Å². The van der Waals surface area contributed by atoms with E-state index in [-0.39, 0.29) is 11.0 Å². The van der Waals surface area contributed by atoms with Crippen LogP contribution < -0.4 is 5.43 Å². The van der Waals surface area contributed by atoms with Gasteiger partial charge in [0.1, 0.15) is 0 Å². The molecular formula is C19H19F3N2O. The lowest BCUT2D eigenvalue weighted by atomic mass is 9.87. The van der Waals surface area contributed by atoms with Crippen LogP contribution in [0.2, 0.25) is 0 Å². The molecule has 132 valence electrons. The summed E-state index contributed by atoms with van der Waals surface area (Å²) in [6.45, 7) is 6.18. The van der Waals surface area contributed by atoms with Gasteiger partial charge in [-0.05, 0) is 29.2 Å². The standard InChI is InChI=1S/C19H19F3N2O/c1-18(2,3)15-10-8-13(9-11-15)17(25)24-23-12-14-6-4-5-7-16(14)19(20,21)22/h4-12H,1-3H3,(H,24,25)/b23-12+. The summed E-state index contributed by atoms with van der Waals surface area (Å²) in [5, 5.41) is 3.64. The zero-order chi connectivity index (χ0) is 18.7. The quantitative estimate of drug-likeness (QED) is 0.630. The van der Waals surface area contributed by atoms with E-state index in [1.165, 1.54) is 18.2 Å². The summed E-state index contributed by atoms with van der Waals surface area (Å²) in [5.74, 6) is -0.485. The van der Waals surface area contributed by atoms with E-state index in [0.717, 1.165) is 17.8 Å². The van der Waals surface area contributed by atoms with Crippen molar-refractivity contribution in [3.05, 3.63) is 70.8 Å². The lowest BCUT2D eigenvalue weighted by Gasteiger charge is -2.18. The SMILES string of the molecule is CC(C)(C)c1ccc(C(=O)N/N=C/c2ccccc2C(F)(F)F)cc1. The first-order chi connectivity index (χ1) is 11.6. The smallest absolute Gasteiger partial charge is 0.267 e. The first kappa shape index (κ1) is 18.7. The summed E-state index contributed by atoms with van der Waals surface area (Å²) in [6, 6.07) is 12.0. The lowest BCUT2D eigenvalue weighted by Crippen LogP contribution is -2.19.